The first-order valence-electron chi connectivity index (χ1n) is 9.27. The summed E-state index contributed by atoms with van der Waals surface area (Å²) in [6.07, 6.45) is 0.657. The Balaban J connectivity index is 1.55. The average molecular weight is 428 g/mol. The number of rotatable bonds is 4. The van der Waals surface area contributed by atoms with E-state index < -0.39 is 21.7 Å². The van der Waals surface area contributed by atoms with Gasteiger partial charge in [-0.2, -0.15) is 0 Å². The summed E-state index contributed by atoms with van der Waals surface area (Å²) in [7, 11) is -4.09. The maximum absolute atomic E-state index is 13.4. The third-order valence-corrected chi connectivity index (χ3v) is 6.36. The Hall–Kier alpha value is -3.26. The van der Waals surface area contributed by atoms with E-state index in [-0.39, 0.29) is 16.5 Å². The molecule has 0 fully saturated rings. The molecule has 1 amide bonds. The predicted molar refractivity (Wildman–Crippen MR) is 108 cm³/mol. The Morgan fingerprint density at radius 2 is 1.67 bits per heavy atom. The van der Waals surface area contributed by atoms with Crippen molar-refractivity contribution in [2.24, 2.45) is 0 Å². The normalized spacial score (nSPS) is 13.6. The number of halogens is 2. The molecule has 3 aromatic rings. The monoisotopic (exact) mass is 428 g/mol. The van der Waals surface area contributed by atoms with E-state index in [1.54, 1.807) is 41.3 Å². The summed E-state index contributed by atoms with van der Waals surface area (Å²) in [5, 5.41) is 0. The van der Waals surface area contributed by atoms with Crippen molar-refractivity contribution in [3.63, 3.8) is 0 Å². The van der Waals surface area contributed by atoms with Gasteiger partial charge in [-0.15, -0.1) is 0 Å². The zero-order chi connectivity index (χ0) is 21.3. The number of nitrogens with zero attached hydrogens (tertiary/aromatic N) is 1. The van der Waals surface area contributed by atoms with E-state index >= 15 is 0 Å². The number of sulfonamides is 1. The molecule has 0 unspecified atom stereocenters. The Labute approximate surface area is 173 Å². The minimum atomic E-state index is -4.09. The van der Waals surface area contributed by atoms with Crippen molar-refractivity contribution in [2.75, 3.05) is 11.3 Å². The van der Waals surface area contributed by atoms with Crippen LogP contribution in [0.15, 0.2) is 71.6 Å². The molecule has 0 spiro atoms. The van der Waals surface area contributed by atoms with E-state index in [0.717, 1.165) is 23.3 Å². The van der Waals surface area contributed by atoms with Crippen LogP contribution in [0.3, 0.4) is 0 Å². The molecule has 3 aromatic carbocycles. The van der Waals surface area contributed by atoms with Gasteiger partial charge in [-0.3, -0.25) is 9.52 Å². The van der Waals surface area contributed by atoms with Crippen molar-refractivity contribution < 1.29 is 22.0 Å². The second-order valence-corrected chi connectivity index (χ2v) is 8.69. The highest BCUT2D eigenvalue weighted by Crippen LogP contribution is 2.26. The molecule has 5 nitrogen and oxygen atoms in total. The van der Waals surface area contributed by atoms with Crippen LogP contribution in [0.25, 0.3) is 0 Å². The third kappa shape index (κ3) is 4.04. The molecule has 0 atom stereocenters. The van der Waals surface area contributed by atoms with E-state index in [1.165, 1.54) is 0 Å². The van der Waals surface area contributed by atoms with Crippen LogP contribution >= 0.6 is 0 Å². The van der Waals surface area contributed by atoms with Crippen LogP contribution in [0.1, 0.15) is 21.5 Å². The second kappa shape index (κ2) is 7.87. The number of anilines is 1. The van der Waals surface area contributed by atoms with Gasteiger partial charge >= 0.3 is 0 Å². The van der Waals surface area contributed by atoms with Gasteiger partial charge in [0.05, 0.1) is 4.90 Å². The number of benzene rings is 3. The smallest absolute Gasteiger partial charge is 0.261 e. The largest absolute Gasteiger partial charge is 0.334 e. The molecule has 30 heavy (non-hydrogen) atoms. The maximum atomic E-state index is 13.4. The summed E-state index contributed by atoms with van der Waals surface area (Å²) < 4.78 is 54.0. The van der Waals surface area contributed by atoms with Gasteiger partial charge in [0.1, 0.15) is 0 Å². The van der Waals surface area contributed by atoms with Crippen LogP contribution in [-0.2, 0) is 23.0 Å². The molecule has 0 saturated heterocycles. The van der Waals surface area contributed by atoms with Gasteiger partial charge in [0.2, 0.25) is 0 Å². The van der Waals surface area contributed by atoms with E-state index in [2.05, 4.69) is 4.72 Å². The minimum Gasteiger partial charge on any atom is -0.334 e. The molecular weight excluding hydrogens is 410 g/mol. The lowest BCUT2D eigenvalue weighted by Gasteiger charge is -2.29. The summed E-state index contributed by atoms with van der Waals surface area (Å²) in [6, 6.07) is 16.4. The van der Waals surface area contributed by atoms with Crippen LogP contribution in [0.4, 0.5) is 14.5 Å². The first-order chi connectivity index (χ1) is 14.3. The molecule has 4 rings (SSSR count). The summed E-state index contributed by atoms with van der Waals surface area (Å²) in [5.41, 5.74) is 2.74. The topological polar surface area (TPSA) is 66.5 Å². The van der Waals surface area contributed by atoms with E-state index in [1.807, 2.05) is 12.1 Å². The highest BCUT2D eigenvalue weighted by Gasteiger charge is 2.23. The summed E-state index contributed by atoms with van der Waals surface area (Å²) in [6.45, 7) is 0.921. The fourth-order valence-electron chi connectivity index (χ4n) is 3.42. The fraction of sp³-hybridized carbons (Fsp3) is 0.136. The van der Waals surface area contributed by atoms with Gasteiger partial charge in [0.25, 0.3) is 15.9 Å². The van der Waals surface area contributed by atoms with Crippen molar-refractivity contribution in [2.45, 2.75) is 17.9 Å². The van der Waals surface area contributed by atoms with Gasteiger partial charge in [-0.1, -0.05) is 24.3 Å². The SMILES string of the molecule is O=C(c1ccccc1)N1CCc2ccc(NS(=O)(=O)c3ccc(F)c(F)c3)cc2C1. The highest BCUT2D eigenvalue weighted by molar-refractivity contribution is 7.92. The van der Waals surface area contributed by atoms with Crippen LogP contribution in [0.5, 0.6) is 0 Å². The Bertz CT molecular complexity index is 1210. The van der Waals surface area contributed by atoms with E-state index in [9.17, 15) is 22.0 Å². The zero-order valence-electron chi connectivity index (χ0n) is 15.8. The fourth-order valence-corrected chi connectivity index (χ4v) is 4.48. The number of nitrogens with one attached hydrogen (secondary N) is 1. The molecule has 0 aliphatic carbocycles. The molecule has 1 aliphatic rings. The number of fused-ring (bicyclic) bond motifs is 1. The lowest BCUT2D eigenvalue weighted by atomic mass is 9.98. The molecule has 0 radical (unpaired) electrons. The Morgan fingerprint density at radius 1 is 0.900 bits per heavy atom. The molecule has 8 heteroatoms. The number of hydrogen-bond donors (Lipinski definition) is 1. The molecule has 1 aliphatic heterocycles. The zero-order valence-corrected chi connectivity index (χ0v) is 16.6. The molecule has 0 saturated carbocycles. The molecule has 154 valence electrons. The number of amides is 1. The molecule has 0 aromatic heterocycles. The van der Waals surface area contributed by atoms with E-state index in [0.29, 0.717) is 31.1 Å². The lowest BCUT2D eigenvalue weighted by molar-refractivity contribution is 0.0734. The quantitative estimate of drug-likeness (QED) is 0.684. The number of carbonyl (C=O) groups is 1. The average Bonchev–Trinajstić information content (AvgIpc) is 2.75. The third-order valence-electron chi connectivity index (χ3n) is 4.98. The Morgan fingerprint density at radius 3 is 2.40 bits per heavy atom. The summed E-state index contributed by atoms with van der Waals surface area (Å²) in [5.74, 6) is -2.45. The standard InChI is InChI=1S/C22H18F2N2O3S/c23-20-9-8-19(13-21(20)24)30(28,29)25-18-7-6-15-10-11-26(14-17(15)12-18)22(27)16-4-2-1-3-5-16/h1-9,12-13,25H,10-11,14H2. The van der Waals surface area contributed by atoms with Crippen LogP contribution < -0.4 is 4.72 Å². The molecule has 1 N–H and O–H groups in total. The van der Waals surface area contributed by atoms with Gasteiger partial charge < -0.3 is 4.90 Å². The second-order valence-electron chi connectivity index (χ2n) is 7.01. The van der Waals surface area contributed by atoms with Crippen LogP contribution in [0.2, 0.25) is 0 Å². The van der Waals surface area contributed by atoms with Gasteiger partial charge in [-0.25, -0.2) is 17.2 Å². The first kappa shape index (κ1) is 20.0. The van der Waals surface area contributed by atoms with Crippen LogP contribution in [-0.4, -0.2) is 25.8 Å². The van der Waals surface area contributed by atoms with Gasteiger partial charge in [0.15, 0.2) is 11.6 Å². The van der Waals surface area contributed by atoms with Gasteiger partial charge in [0, 0.05) is 24.3 Å². The van der Waals surface area contributed by atoms with Crippen molar-refractivity contribution in [3.05, 3.63) is 95.1 Å². The van der Waals surface area contributed by atoms with Gasteiger partial charge in [-0.05, 0) is 60.0 Å². The van der Waals surface area contributed by atoms with Crippen molar-refractivity contribution >= 4 is 21.6 Å². The lowest BCUT2D eigenvalue weighted by Crippen LogP contribution is -2.36. The number of hydrogen-bond acceptors (Lipinski definition) is 3. The first-order valence-corrected chi connectivity index (χ1v) is 10.8. The molecule has 1 heterocycles. The highest BCUT2D eigenvalue weighted by atomic mass is 32.2. The molecular formula is C22H18F2N2O3S. The predicted octanol–water partition coefficient (Wildman–Crippen LogP) is 3.96. The van der Waals surface area contributed by atoms with E-state index in [4.69, 9.17) is 0 Å². The number of carbonyl (C=O) groups excluding carboxylic acids is 1. The van der Waals surface area contributed by atoms with Crippen molar-refractivity contribution in [1.82, 2.24) is 4.90 Å². The minimum absolute atomic E-state index is 0.0889. The summed E-state index contributed by atoms with van der Waals surface area (Å²) in [4.78, 5) is 14.1. The van der Waals surface area contributed by atoms with Crippen molar-refractivity contribution in [3.8, 4) is 0 Å². The Kier molecular flexibility index (Phi) is 5.26. The van der Waals surface area contributed by atoms with Crippen LogP contribution in [0, 0.1) is 11.6 Å². The summed E-state index contributed by atoms with van der Waals surface area (Å²) >= 11 is 0. The molecule has 0 bridgehead atoms. The van der Waals surface area contributed by atoms with Crippen molar-refractivity contribution in [1.29, 1.82) is 0 Å². The maximum Gasteiger partial charge on any atom is 0.261 e.